The lowest BCUT2D eigenvalue weighted by Gasteiger charge is -2.65. The van der Waals surface area contributed by atoms with E-state index in [4.69, 9.17) is 0 Å². The summed E-state index contributed by atoms with van der Waals surface area (Å²) >= 11 is 0. The maximum atomic E-state index is 2.68. The molecule has 5 aliphatic carbocycles. The van der Waals surface area contributed by atoms with Crippen LogP contribution in [0.1, 0.15) is 97.3 Å². The van der Waals surface area contributed by atoms with Gasteiger partial charge in [-0.2, -0.15) is 0 Å². The third kappa shape index (κ3) is 2.37. The van der Waals surface area contributed by atoms with E-state index in [1.807, 2.05) is 0 Å². The Bertz CT molecular complexity index is 463. The summed E-state index contributed by atoms with van der Waals surface area (Å²) in [5.74, 6) is 8.98. The van der Waals surface area contributed by atoms with Gasteiger partial charge in [-0.1, -0.05) is 52.4 Å². The fourth-order valence-electron chi connectivity index (χ4n) is 9.31. The van der Waals surface area contributed by atoms with Crippen molar-refractivity contribution >= 4 is 0 Å². The molecule has 0 aromatic heterocycles. The molecule has 5 rings (SSSR count). The zero-order chi connectivity index (χ0) is 16.3. The lowest BCUT2D eigenvalue weighted by Crippen LogP contribution is -2.58. The first-order valence-corrected chi connectivity index (χ1v) is 11.7. The van der Waals surface area contributed by atoms with Crippen LogP contribution in [0.25, 0.3) is 0 Å². The number of hydrogen-bond donors (Lipinski definition) is 0. The first kappa shape index (κ1) is 16.2. The van der Waals surface area contributed by atoms with E-state index in [0.717, 1.165) is 47.3 Å². The summed E-state index contributed by atoms with van der Waals surface area (Å²) < 4.78 is 0. The second kappa shape index (κ2) is 6.02. The normalized spacial score (nSPS) is 53.2. The largest absolute Gasteiger partial charge is 0.0596 e. The van der Waals surface area contributed by atoms with Crippen molar-refractivity contribution in [3.8, 4) is 0 Å². The molecule has 24 heavy (non-hydrogen) atoms. The second-order valence-corrected chi connectivity index (χ2v) is 11.2. The van der Waals surface area contributed by atoms with Crippen LogP contribution in [0.5, 0.6) is 0 Å². The van der Waals surface area contributed by atoms with E-state index < -0.39 is 0 Å². The molecule has 5 fully saturated rings. The van der Waals surface area contributed by atoms with Crippen LogP contribution in [0.4, 0.5) is 0 Å². The first-order chi connectivity index (χ1) is 11.7. The summed E-state index contributed by atoms with van der Waals surface area (Å²) in [4.78, 5) is 0. The van der Waals surface area contributed by atoms with Crippen LogP contribution in [-0.4, -0.2) is 0 Å². The van der Waals surface area contributed by atoms with Crippen molar-refractivity contribution in [1.82, 2.24) is 0 Å². The van der Waals surface area contributed by atoms with Crippen LogP contribution in [0.15, 0.2) is 0 Å². The van der Waals surface area contributed by atoms with Gasteiger partial charge in [0.25, 0.3) is 0 Å². The van der Waals surface area contributed by atoms with Gasteiger partial charge in [0, 0.05) is 0 Å². The summed E-state index contributed by atoms with van der Waals surface area (Å²) in [6.07, 6.45) is 20.4. The van der Waals surface area contributed by atoms with Crippen molar-refractivity contribution < 1.29 is 0 Å². The third-order valence-corrected chi connectivity index (χ3v) is 9.94. The van der Waals surface area contributed by atoms with Crippen LogP contribution in [0.3, 0.4) is 0 Å². The van der Waals surface area contributed by atoms with Crippen molar-refractivity contribution in [1.29, 1.82) is 0 Å². The molecule has 0 heteroatoms. The average Bonchev–Trinajstić information content (AvgIpc) is 2.61. The van der Waals surface area contributed by atoms with Crippen LogP contribution in [0, 0.1) is 52.8 Å². The summed E-state index contributed by atoms with van der Waals surface area (Å²) in [6.45, 7) is 5.35. The number of rotatable bonds is 0. The van der Waals surface area contributed by atoms with Gasteiger partial charge >= 0.3 is 0 Å². The van der Waals surface area contributed by atoms with Gasteiger partial charge in [-0.05, 0) is 97.7 Å². The summed E-state index contributed by atoms with van der Waals surface area (Å²) in [7, 11) is 0. The van der Waals surface area contributed by atoms with Gasteiger partial charge in [-0.15, -0.1) is 0 Å². The zero-order valence-electron chi connectivity index (χ0n) is 16.3. The van der Waals surface area contributed by atoms with E-state index in [1.54, 1.807) is 70.6 Å². The maximum absolute atomic E-state index is 2.68. The Morgan fingerprint density at radius 2 is 1.17 bits per heavy atom. The molecule has 0 saturated heterocycles. The van der Waals surface area contributed by atoms with Crippen molar-refractivity contribution in [3.63, 3.8) is 0 Å². The summed E-state index contributed by atoms with van der Waals surface area (Å²) in [5, 5.41) is 0. The quantitative estimate of drug-likeness (QED) is 0.445. The minimum absolute atomic E-state index is 0.633. The molecule has 8 unspecified atom stereocenters. The molecule has 5 aliphatic rings. The molecule has 0 radical (unpaired) electrons. The predicted molar refractivity (Wildman–Crippen MR) is 102 cm³/mol. The molecule has 0 aromatic carbocycles. The lowest BCUT2D eigenvalue weighted by atomic mass is 9.40. The van der Waals surface area contributed by atoms with Gasteiger partial charge < -0.3 is 0 Å². The highest BCUT2D eigenvalue weighted by Crippen LogP contribution is 2.66. The monoisotopic (exact) mass is 328 g/mol. The molecule has 0 bridgehead atoms. The van der Waals surface area contributed by atoms with Crippen LogP contribution >= 0.6 is 0 Å². The van der Waals surface area contributed by atoms with Crippen molar-refractivity contribution in [2.24, 2.45) is 52.8 Å². The molecule has 0 spiro atoms. The highest BCUT2D eigenvalue weighted by molar-refractivity contribution is 5.08. The molecule has 5 saturated carbocycles. The molecular weight excluding hydrogens is 288 g/mol. The molecule has 0 heterocycles. The van der Waals surface area contributed by atoms with Crippen molar-refractivity contribution in [2.45, 2.75) is 97.3 Å². The molecule has 136 valence electrons. The van der Waals surface area contributed by atoms with Gasteiger partial charge in [0.2, 0.25) is 0 Å². The Hall–Kier alpha value is 0. The Labute approximate surface area is 150 Å². The van der Waals surface area contributed by atoms with Gasteiger partial charge in [0.05, 0.1) is 0 Å². The zero-order valence-corrected chi connectivity index (χ0v) is 16.3. The number of hydrogen-bond acceptors (Lipinski definition) is 0. The third-order valence-electron chi connectivity index (χ3n) is 9.94. The van der Waals surface area contributed by atoms with Crippen LogP contribution in [-0.2, 0) is 0 Å². The van der Waals surface area contributed by atoms with Crippen LogP contribution < -0.4 is 0 Å². The molecule has 0 N–H and O–H groups in total. The van der Waals surface area contributed by atoms with E-state index in [2.05, 4.69) is 13.8 Å². The topological polar surface area (TPSA) is 0 Å². The standard InChI is InChI=1S/C24H40/c1-24(2)15-7-12-21-19-11-6-5-10-18(19)20-14-13-16-8-3-4-9-17(16)22(20)23(21)24/h16-23H,3-15H2,1-2H3. The smallest absolute Gasteiger partial charge is 0.0298 e. The fraction of sp³-hybridized carbons (Fsp3) is 1.00. The van der Waals surface area contributed by atoms with Crippen molar-refractivity contribution in [2.75, 3.05) is 0 Å². The lowest BCUT2D eigenvalue weighted by molar-refractivity contribution is -0.160. The Balaban J connectivity index is 1.55. The second-order valence-electron chi connectivity index (χ2n) is 11.2. The van der Waals surface area contributed by atoms with Crippen LogP contribution in [0.2, 0.25) is 0 Å². The van der Waals surface area contributed by atoms with E-state index in [-0.39, 0.29) is 0 Å². The minimum Gasteiger partial charge on any atom is -0.0596 e. The van der Waals surface area contributed by atoms with E-state index in [0.29, 0.717) is 5.41 Å². The Morgan fingerprint density at radius 1 is 0.542 bits per heavy atom. The molecule has 0 amide bonds. The minimum atomic E-state index is 0.633. The van der Waals surface area contributed by atoms with Gasteiger partial charge in [-0.3, -0.25) is 0 Å². The molecule has 0 aromatic rings. The first-order valence-electron chi connectivity index (χ1n) is 11.7. The molecule has 0 aliphatic heterocycles. The average molecular weight is 329 g/mol. The van der Waals surface area contributed by atoms with Crippen molar-refractivity contribution in [3.05, 3.63) is 0 Å². The summed E-state index contributed by atoms with van der Waals surface area (Å²) in [5.41, 5.74) is 0.633. The van der Waals surface area contributed by atoms with E-state index >= 15 is 0 Å². The molecule has 8 atom stereocenters. The molecule has 0 nitrogen and oxygen atoms in total. The fourth-order valence-corrected chi connectivity index (χ4v) is 9.31. The summed E-state index contributed by atoms with van der Waals surface area (Å²) in [6, 6.07) is 0. The van der Waals surface area contributed by atoms with Gasteiger partial charge in [-0.25, -0.2) is 0 Å². The Kier molecular flexibility index (Phi) is 4.06. The number of fused-ring (bicyclic) bond motifs is 8. The predicted octanol–water partition coefficient (Wildman–Crippen LogP) is 7.08. The van der Waals surface area contributed by atoms with Gasteiger partial charge in [0.1, 0.15) is 0 Å². The molecular formula is C24H40. The SMILES string of the molecule is CC1(C)CCCC2C3CCCCC3C3CCC4CCCCC4C3C21. The van der Waals surface area contributed by atoms with Gasteiger partial charge in [0.15, 0.2) is 0 Å². The maximum Gasteiger partial charge on any atom is -0.0298 e. The Morgan fingerprint density at radius 3 is 1.96 bits per heavy atom. The highest BCUT2D eigenvalue weighted by Gasteiger charge is 2.59. The van der Waals surface area contributed by atoms with E-state index in [1.165, 1.54) is 12.8 Å². The highest BCUT2D eigenvalue weighted by atomic mass is 14.6. The van der Waals surface area contributed by atoms with E-state index in [9.17, 15) is 0 Å².